The van der Waals surface area contributed by atoms with Crippen molar-refractivity contribution in [2.24, 2.45) is 0 Å². The number of benzene rings is 2. The zero-order valence-corrected chi connectivity index (χ0v) is 21.0. The molecule has 0 atom stereocenters. The molecule has 212 valence electrons. The maximum Gasteiger partial charge on any atom is 0.573 e. The van der Waals surface area contributed by atoms with Crippen LogP contribution >= 0.6 is 0 Å². The van der Waals surface area contributed by atoms with Gasteiger partial charge in [-0.25, -0.2) is 11.0 Å². The Bertz CT molecular complexity index is 1390. The van der Waals surface area contributed by atoms with Gasteiger partial charge in [-0.3, -0.25) is 20.0 Å². The van der Waals surface area contributed by atoms with E-state index in [1.54, 1.807) is 25.1 Å². The number of hydrogen-bond donors (Lipinski definition) is 4. The molecule has 0 aliphatic rings. The molecule has 3 aromatic rings. The molecule has 2 amide bonds. The molecule has 13 heteroatoms. The van der Waals surface area contributed by atoms with E-state index in [1.807, 2.05) is 0 Å². The summed E-state index contributed by atoms with van der Waals surface area (Å²) in [5.41, 5.74) is 4.93. The highest BCUT2D eigenvalue weighted by molar-refractivity contribution is 5.94. The lowest BCUT2D eigenvalue weighted by Crippen LogP contribution is -2.17. The molecule has 2 aromatic carbocycles. The quantitative estimate of drug-likeness (QED) is 0.0826. The second-order valence-corrected chi connectivity index (χ2v) is 7.70. The molecule has 3 rings (SSSR count). The highest BCUT2D eigenvalue weighted by Crippen LogP contribution is 2.41. The zero-order valence-electron chi connectivity index (χ0n) is 21.0. The van der Waals surface area contributed by atoms with Crippen LogP contribution in [-0.2, 0) is 16.2 Å². The average molecular weight is 562 g/mol. The monoisotopic (exact) mass is 562 g/mol. The lowest BCUT2D eigenvalue weighted by Gasteiger charge is -2.15. The van der Waals surface area contributed by atoms with Crippen molar-refractivity contribution >= 4 is 28.9 Å². The second kappa shape index (κ2) is 14.8. The fraction of sp³-hybridized carbons (Fsp3) is 0.111. The number of allylic oxidation sites excluding steroid dienone is 2. The number of rotatable bonds is 10. The smallest absolute Gasteiger partial charge is 0.484 e. The summed E-state index contributed by atoms with van der Waals surface area (Å²) in [4.78, 5) is 21.2. The number of hydrogen-bond acceptors (Lipinski definition) is 8. The molecule has 4 N–H and O–H groups in total. The Balaban J connectivity index is 0.000000840. The van der Waals surface area contributed by atoms with Crippen LogP contribution in [0.4, 0.5) is 13.2 Å². The van der Waals surface area contributed by atoms with Gasteiger partial charge in [0.25, 0.3) is 11.8 Å². The summed E-state index contributed by atoms with van der Waals surface area (Å²) in [6.07, 6.45) is 3.15. The van der Waals surface area contributed by atoms with Gasteiger partial charge >= 0.3 is 6.36 Å². The number of alkyl halides is 3. The fourth-order valence-electron chi connectivity index (χ4n) is 2.87. The van der Waals surface area contributed by atoms with Gasteiger partial charge in [0.2, 0.25) is 5.75 Å². The molecule has 0 unspecified atom stereocenters. The van der Waals surface area contributed by atoms with Crippen LogP contribution in [0, 0.1) is 0 Å². The van der Waals surface area contributed by atoms with Gasteiger partial charge in [-0.05, 0) is 55.0 Å². The van der Waals surface area contributed by atoms with Gasteiger partial charge in [0.15, 0.2) is 11.3 Å². The lowest BCUT2D eigenvalue weighted by molar-refractivity contribution is -0.274. The van der Waals surface area contributed by atoms with E-state index in [0.717, 1.165) is 17.7 Å². The van der Waals surface area contributed by atoms with Crippen LogP contribution in [-0.4, -0.2) is 28.6 Å². The molecule has 0 spiro atoms. The predicted octanol–water partition coefficient (Wildman–Crippen LogP) is 5.58. The van der Waals surface area contributed by atoms with Crippen LogP contribution < -0.4 is 25.2 Å². The first-order chi connectivity index (χ1) is 19.0. The van der Waals surface area contributed by atoms with Gasteiger partial charge in [-0.1, -0.05) is 30.9 Å². The first-order valence-corrected chi connectivity index (χ1v) is 11.2. The van der Waals surface area contributed by atoms with E-state index in [0.29, 0.717) is 22.1 Å². The van der Waals surface area contributed by atoms with E-state index >= 15 is 0 Å². The van der Waals surface area contributed by atoms with Gasteiger partial charge in [0.1, 0.15) is 12.4 Å². The van der Waals surface area contributed by atoms with E-state index in [4.69, 9.17) is 24.3 Å². The Morgan fingerprint density at radius 1 is 1.05 bits per heavy atom. The molecule has 1 heterocycles. The van der Waals surface area contributed by atoms with E-state index in [-0.39, 0.29) is 23.9 Å². The first-order valence-electron chi connectivity index (χ1n) is 11.2. The van der Waals surface area contributed by atoms with Crippen LogP contribution in [0.25, 0.3) is 17.0 Å². The molecular weight excluding hydrogens is 537 g/mol. The summed E-state index contributed by atoms with van der Waals surface area (Å²) in [5, 5.41) is 17.1. The Hall–Kier alpha value is -5.01. The number of ether oxygens (including phenoxy) is 3. The minimum absolute atomic E-state index is 0.0495. The maximum atomic E-state index is 12.4. The van der Waals surface area contributed by atoms with E-state index in [1.165, 1.54) is 53.8 Å². The van der Waals surface area contributed by atoms with Crippen molar-refractivity contribution < 1.29 is 51.8 Å². The summed E-state index contributed by atoms with van der Waals surface area (Å²) in [6.45, 7) is 8.55. The topological polar surface area (TPSA) is 139 Å². The largest absolute Gasteiger partial charge is 0.573 e. The third-order valence-electron chi connectivity index (χ3n) is 4.58. The van der Waals surface area contributed by atoms with Crippen LogP contribution in [0.5, 0.6) is 17.2 Å². The summed E-state index contributed by atoms with van der Waals surface area (Å²) < 4.78 is 58.2. The number of furan rings is 1. The van der Waals surface area contributed by atoms with Gasteiger partial charge in [-0.15, -0.1) is 13.2 Å². The van der Waals surface area contributed by atoms with Crippen molar-refractivity contribution in [2.75, 3.05) is 0 Å². The van der Waals surface area contributed by atoms with Crippen molar-refractivity contribution in [3.05, 3.63) is 97.0 Å². The number of halogens is 3. The highest BCUT2D eigenvalue weighted by Gasteiger charge is 2.31. The second-order valence-electron chi connectivity index (χ2n) is 7.70. The van der Waals surface area contributed by atoms with Crippen molar-refractivity contribution in [3.63, 3.8) is 0 Å². The van der Waals surface area contributed by atoms with Crippen molar-refractivity contribution in [2.45, 2.75) is 19.9 Å². The minimum atomic E-state index is -4.79. The molecule has 0 aliphatic carbocycles. The molecule has 1 aromatic heterocycles. The molecule has 40 heavy (non-hydrogen) atoms. The molecule has 0 bridgehead atoms. The van der Waals surface area contributed by atoms with Crippen molar-refractivity contribution in [3.8, 4) is 17.2 Å². The summed E-state index contributed by atoms with van der Waals surface area (Å²) >= 11 is 0. The van der Waals surface area contributed by atoms with Crippen LogP contribution in [0.1, 0.15) is 18.1 Å². The SMILES string of the molecule is C=C(C)C=COc1c(OCc2ccc(OC(F)(F)F)cc2)c(/C=C/C(=O)NO)cc2ccoc12.C=CC(=O)NO. The van der Waals surface area contributed by atoms with Gasteiger partial charge in [-0.2, -0.15) is 0 Å². The fourth-order valence-corrected chi connectivity index (χ4v) is 2.87. The van der Waals surface area contributed by atoms with E-state index < -0.39 is 18.2 Å². The zero-order chi connectivity index (χ0) is 29.7. The van der Waals surface area contributed by atoms with Crippen molar-refractivity contribution in [1.29, 1.82) is 0 Å². The first kappa shape index (κ1) is 31.2. The minimum Gasteiger partial charge on any atom is -0.484 e. The van der Waals surface area contributed by atoms with E-state index in [9.17, 15) is 22.8 Å². The number of hydroxylamine groups is 2. The Labute approximate surface area is 226 Å². The van der Waals surface area contributed by atoms with Gasteiger partial charge in [0, 0.05) is 17.0 Å². The average Bonchev–Trinajstić information content (AvgIpc) is 3.39. The highest BCUT2D eigenvalue weighted by atomic mass is 19.4. The maximum absolute atomic E-state index is 12.4. The molecule has 10 nitrogen and oxygen atoms in total. The standard InChI is InChI=1S/C24H20F3NO6.C3H5NO2/c1-15(2)9-11-32-23-21-18(10-12-31-21)13-17(5-8-20(29)28-30)22(23)33-14-16-3-6-19(7-4-16)34-24(25,26)27;1-2-3(5)4-6/h3-13,30H,1,14H2,2H3,(H,28,29);2,6H,1H2,(H,4,5)/b8-5+,11-9?;. The number of carbonyl (C=O) groups is 2. The van der Waals surface area contributed by atoms with Crippen molar-refractivity contribution in [1.82, 2.24) is 11.0 Å². The van der Waals surface area contributed by atoms with Crippen LogP contribution in [0.15, 0.2) is 90.3 Å². The molecular formula is C27H25F3N2O8. The Kier molecular flexibility index (Phi) is 11.5. The Morgan fingerprint density at radius 3 is 2.27 bits per heavy atom. The third kappa shape index (κ3) is 10.0. The summed E-state index contributed by atoms with van der Waals surface area (Å²) in [7, 11) is 0. The molecule has 0 radical (unpaired) electrons. The summed E-state index contributed by atoms with van der Waals surface area (Å²) in [5.74, 6) is -1.30. The van der Waals surface area contributed by atoms with Gasteiger partial charge < -0.3 is 18.6 Å². The normalized spacial score (nSPS) is 11.1. The van der Waals surface area contributed by atoms with Crippen LogP contribution in [0.3, 0.4) is 0 Å². The Morgan fingerprint density at radius 2 is 1.73 bits per heavy atom. The van der Waals surface area contributed by atoms with E-state index in [2.05, 4.69) is 17.9 Å². The number of amides is 2. The predicted molar refractivity (Wildman–Crippen MR) is 137 cm³/mol. The molecule has 0 saturated heterocycles. The van der Waals surface area contributed by atoms with Gasteiger partial charge in [0.05, 0.1) is 12.5 Å². The number of fused-ring (bicyclic) bond motifs is 1. The third-order valence-corrected chi connectivity index (χ3v) is 4.58. The number of nitrogens with one attached hydrogen (secondary N) is 2. The lowest BCUT2D eigenvalue weighted by atomic mass is 10.1. The summed E-state index contributed by atoms with van der Waals surface area (Å²) in [6, 6.07) is 8.55. The molecule has 0 saturated carbocycles. The molecule has 0 aliphatic heterocycles. The number of carbonyl (C=O) groups excluding carboxylic acids is 2. The van der Waals surface area contributed by atoms with Crippen LogP contribution in [0.2, 0.25) is 0 Å². The molecule has 0 fully saturated rings.